The average Bonchev–Trinajstić information content (AvgIpc) is 2.96. The Labute approximate surface area is 167 Å². The van der Waals surface area contributed by atoms with Crippen LogP contribution < -0.4 is 0 Å². The number of rotatable bonds is 3. The van der Waals surface area contributed by atoms with Crippen molar-refractivity contribution in [1.82, 2.24) is 0 Å². The Balaban J connectivity index is 1.59. The van der Waals surface area contributed by atoms with Crippen LogP contribution in [-0.2, 0) is 23.9 Å². The largest absolute Gasteiger partial charge is 0.458 e. The number of hydrogen-bond donors (Lipinski definition) is 0. The molecule has 0 amide bonds. The molecule has 4 rings (SSSR count). The first kappa shape index (κ1) is 19.8. The van der Waals surface area contributed by atoms with Crippen LogP contribution in [-0.4, -0.2) is 29.9 Å². The number of esters is 1. The summed E-state index contributed by atoms with van der Waals surface area (Å²) in [6, 6.07) is 0. The van der Waals surface area contributed by atoms with E-state index >= 15 is 0 Å². The lowest BCUT2D eigenvalue weighted by molar-refractivity contribution is -0.162. The molecule has 5 heteroatoms. The van der Waals surface area contributed by atoms with E-state index in [4.69, 9.17) is 4.74 Å². The van der Waals surface area contributed by atoms with Gasteiger partial charge in [0.1, 0.15) is 18.2 Å². The van der Waals surface area contributed by atoms with Gasteiger partial charge in [0.2, 0.25) is 0 Å². The molecule has 0 radical (unpaired) electrons. The number of ether oxygens (including phenoxy) is 1. The third kappa shape index (κ3) is 2.88. The lowest BCUT2D eigenvalue weighted by atomic mass is 9.44. The number of carbonyl (C=O) groups excluding carboxylic acids is 4. The van der Waals surface area contributed by atoms with Gasteiger partial charge < -0.3 is 4.74 Å². The van der Waals surface area contributed by atoms with Gasteiger partial charge in [0, 0.05) is 38.0 Å². The van der Waals surface area contributed by atoms with Crippen LogP contribution >= 0.6 is 0 Å². The molecule has 0 N–H and O–H groups in total. The highest BCUT2D eigenvalue weighted by molar-refractivity contribution is 5.89. The van der Waals surface area contributed by atoms with Crippen molar-refractivity contribution < 1.29 is 23.9 Å². The molecule has 4 aliphatic carbocycles. The van der Waals surface area contributed by atoms with Crippen molar-refractivity contribution in [3.8, 4) is 0 Å². The molecule has 0 heterocycles. The average molecular weight is 389 g/mol. The highest BCUT2D eigenvalue weighted by atomic mass is 16.5. The van der Waals surface area contributed by atoms with Gasteiger partial charge in [-0.3, -0.25) is 19.2 Å². The Morgan fingerprint density at radius 1 is 1.07 bits per heavy atom. The fourth-order valence-corrected chi connectivity index (χ4v) is 7.66. The maximum atomic E-state index is 13.5. The SMILES string of the molecule is CC(=O)OCC(=O)[C@H]1CC[C@H]2[C@@H]3CC[C@@H]4CC(=O)CC[C@]4(C)[C@H]3C(=O)C[C@]12C. The number of hydrogen-bond acceptors (Lipinski definition) is 5. The zero-order valence-electron chi connectivity index (χ0n) is 17.3. The van der Waals surface area contributed by atoms with E-state index in [1.165, 1.54) is 6.92 Å². The Kier molecular flexibility index (Phi) is 4.79. The van der Waals surface area contributed by atoms with E-state index < -0.39 is 5.97 Å². The van der Waals surface area contributed by atoms with Crippen molar-refractivity contribution in [3.63, 3.8) is 0 Å². The standard InChI is InChI=1S/C23H32O5/c1-13(24)28-12-20(27)18-7-6-17-16-5-4-14-10-15(25)8-9-22(14,2)21(16)19(26)11-23(17,18)3/h14,16-18,21H,4-12H2,1-3H3/t14-,16+,17+,18-,21-,22+,23+/m1/s1. The molecule has 0 bridgehead atoms. The first-order valence-electron chi connectivity index (χ1n) is 10.9. The molecular formula is C23H32O5. The summed E-state index contributed by atoms with van der Waals surface area (Å²) in [5, 5.41) is 0. The fraction of sp³-hybridized carbons (Fsp3) is 0.826. The van der Waals surface area contributed by atoms with E-state index in [0.717, 1.165) is 32.1 Å². The van der Waals surface area contributed by atoms with Crippen LogP contribution in [0.25, 0.3) is 0 Å². The third-order valence-corrected chi connectivity index (χ3v) is 8.97. The summed E-state index contributed by atoms with van der Waals surface area (Å²) in [5.74, 6) is 1.07. The molecule has 0 spiro atoms. The highest BCUT2D eigenvalue weighted by Gasteiger charge is 2.64. The first-order chi connectivity index (χ1) is 13.2. The summed E-state index contributed by atoms with van der Waals surface area (Å²) in [5.41, 5.74) is -0.377. The molecule has 4 aliphatic rings. The number of fused-ring (bicyclic) bond motifs is 5. The molecule has 0 aromatic carbocycles. The predicted molar refractivity (Wildman–Crippen MR) is 102 cm³/mol. The van der Waals surface area contributed by atoms with Gasteiger partial charge >= 0.3 is 5.97 Å². The van der Waals surface area contributed by atoms with Gasteiger partial charge in [-0.15, -0.1) is 0 Å². The molecule has 28 heavy (non-hydrogen) atoms. The smallest absolute Gasteiger partial charge is 0.303 e. The lowest BCUT2D eigenvalue weighted by Gasteiger charge is -2.59. The van der Waals surface area contributed by atoms with Crippen LogP contribution in [0.4, 0.5) is 0 Å². The summed E-state index contributed by atoms with van der Waals surface area (Å²) in [4.78, 5) is 49.4. The molecule has 154 valence electrons. The van der Waals surface area contributed by atoms with Crippen LogP contribution in [0.2, 0.25) is 0 Å². The lowest BCUT2D eigenvalue weighted by Crippen LogP contribution is -2.57. The minimum atomic E-state index is -0.439. The van der Waals surface area contributed by atoms with Crippen LogP contribution in [0.15, 0.2) is 0 Å². The minimum absolute atomic E-state index is 0.0328. The zero-order chi connectivity index (χ0) is 20.3. The summed E-state index contributed by atoms with van der Waals surface area (Å²) in [6.45, 7) is 5.51. The molecule has 7 atom stereocenters. The molecule has 0 aromatic rings. The van der Waals surface area contributed by atoms with E-state index in [0.29, 0.717) is 48.6 Å². The van der Waals surface area contributed by atoms with Crippen molar-refractivity contribution in [2.75, 3.05) is 6.61 Å². The van der Waals surface area contributed by atoms with Gasteiger partial charge in [-0.2, -0.15) is 0 Å². The van der Waals surface area contributed by atoms with E-state index in [9.17, 15) is 19.2 Å². The summed E-state index contributed by atoms with van der Waals surface area (Å²) in [6.07, 6.45) is 6.31. The normalized spacial score (nSPS) is 45.0. The Bertz CT molecular complexity index is 727. The van der Waals surface area contributed by atoms with Gasteiger partial charge in [-0.1, -0.05) is 13.8 Å². The predicted octanol–water partition coefficient (Wildman–Crippen LogP) is 3.53. The van der Waals surface area contributed by atoms with Crippen LogP contribution in [0.5, 0.6) is 0 Å². The van der Waals surface area contributed by atoms with Crippen molar-refractivity contribution in [2.24, 2.45) is 40.4 Å². The molecule has 4 saturated carbocycles. The Morgan fingerprint density at radius 3 is 2.54 bits per heavy atom. The monoisotopic (exact) mass is 388 g/mol. The van der Waals surface area contributed by atoms with Gasteiger partial charge in [0.05, 0.1) is 0 Å². The van der Waals surface area contributed by atoms with E-state index in [1.807, 2.05) is 0 Å². The molecule has 0 aromatic heterocycles. The van der Waals surface area contributed by atoms with Crippen molar-refractivity contribution in [3.05, 3.63) is 0 Å². The van der Waals surface area contributed by atoms with Gasteiger partial charge in [-0.05, 0) is 60.7 Å². The molecular weight excluding hydrogens is 356 g/mol. The van der Waals surface area contributed by atoms with E-state index in [2.05, 4.69) is 13.8 Å². The number of carbonyl (C=O) groups is 4. The van der Waals surface area contributed by atoms with Crippen molar-refractivity contribution in [2.45, 2.75) is 72.1 Å². The number of ketones is 3. The molecule has 0 aliphatic heterocycles. The van der Waals surface area contributed by atoms with E-state index in [-0.39, 0.29) is 35.1 Å². The highest BCUT2D eigenvalue weighted by Crippen LogP contribution is 2.66. The van der Waals surface area contributed by atoms with Gasteiger partial charge in [0.15, 0.2) is 5.78 Å². The van der Waals surface area contributed by atoms with Crippen LogP contribution in [0, 0.1) is 40.4 Å². The van der Waals surface area contributed by atoms with Crippen molar-refractivity contribution in [1.29, 1.82) is 0 Å². The maximum Gasteiger partial charge on any atom is 0.303 e. The fourth-order valence-electron chi connectivity index (χ4n) is 7.66. The second kappa shape index (κ2) is 6.77. The topological polar surface area (TPSA) is 77.5 Å². The van der Waals surface area contributed by atoms with Crippen LogP contribution in [0.3, 0.4) is 0 Å². The van der Waals surface area contributed by atoms with Gasteiger partial charge in [0.25, 0.3) is 0 Å². The third-order valence-electron chi connectivity index (χ3n) is 8.97. The van der Waals surface area contributed by atoms with E-state index in [1.54, 1.807) is 0 Å². The Morgan fingerprint density at radius 2 is 1.82 bits per heavy atom. The first-order valence-corrected chi connectivity index (χ1v) is 10.9. The number of Topliss-reactive ketones (excluding diaryl/α,β-unsaturated/α-hetero) is 3. The molecule has 0 unspecified atom stereocenters. The van der Waals surface area contributed by atoms with Crippen molar-refractivity contribution >= 4 is 23.3 Å². The second-order valence-electron chi connectivity index (χ2n) is 10.3. The quantitative estimate of drug-likeness (QED) is 0.691. The summed E-state index contributed by atoms with van der Waals surface area (Å²) in [7, 11) is 0. The molecule has 5 nitrogen and oxygen atoms in total. The Hall–Kier alpha value is -1.52. The molecule has 4 fully saturated rings. The van der Waals surface area contributed by atoms with Crippen LogP contribution in [0.1, 0.15) is 72.1 Å². The second-order valence-corrected chi connectivity index (χ2v) is 10.3. The zero-order valence-corrected chi connectivity index (χ0v) is 17.3. The maximum absolute atomic E-state index is 13.5. The molecule has 0 saturated heterocycles. The summed E-state index contributed by atoms with van der Waals surface area (Å²) >= 11 is 0. The van der Waals surface area contributed by atoms with Gasteiger partial charge in [-0.25, -0.2) is 0 Å². The minimum Gasteiger partial charge on any atom is -0.458 e. The summed E-state index contributed by atoms with van der Waals surface area (Å²) < 4.78 is 4.97.